The molecule has 0 aliphatic carbocycles. The van der Waals surface area contributed by atoms with E-state index in [0.29, 0.717) is 13.1 Å². The number of halogens is 2. The quantitative estimate of drug-likeness (QED) is 0.723. The summed E-state index contributed by atoms with van der Waals surface area (Å²) in [5.74, 6) is 1.21. The Morgan fingerprint density at radius 2 is 2.11 bits per heavy atom. The standard InChI is InChI=1S/C19H22ClN5O.ClH/c1-13-16(6-8-24-10-7-21-12-18(24)26)19(23(2)22-13)25-9-5-14-11-15(20)3-4-17(14)25;/h3-5,9,11,21H,6-8,10,12H2,1-2H3;1H. The van der Waals surface area contributed by atoms with Crippen LogP contribution in [-0.4, -0.2) is 51.3 Å². The molecule has 27 heavy (non-hydrogen) atoms. The zero-order chi connectivity index (χ0) is 18.3. The number of carbonyl (C=O) groups is 1. The molecule has 1 amide bonds. The van der Waals surface area contributed by atoms with Crippen molar-refractivity contribution < 1.29 is 4.79 Å². The Morgan fingerprint density at radius 1 is 1.30 bits per heavy atom. The second-order valence-corrected chi connectivity index (χ2v) is 7.14. The van der Waals surface area contributed by atoms with E-state index in [1.807, 2.05) is 41.8 Å². The Morgan fingerprint density at radius 3 is 2.89 bits per heavy atom. The molecule has 1 aliphatic heterocycles. The molecule has 1 aliphatic rings. The van der Waals surface area contributed by atoms with Crippen LogP contribution < -0.4 is 5.32 Å². The highest BCUT2D eigenvalue weighted by atomic mass is 35.5. The van der Waals surface area contributed by atoms with Crippen molar-refractivity contribution in [1.29, 1.82) is 0 Å². The molecule has 0 atom stereocenters. The van der Waals surface area contributed by atoms with Gasteiger partial charge in [-0.1, -0.05) is 11.6 Å². The summed E-state index contributed by atoms with van der Waals surface area (Å²) in [7, 11) is 1.96. The molecule has 144 valence electrons. The van der Waals surface area contributed by atoms with Crippen molar-refractivity contribution in [2.45, 2.75) is 13.3 Å². The van der Waals surface area contributed by atoms with Crippen LogP contribution in [0.1, 0.15) is 11.3 Å². The van der Waals surface area contributed by atoms with Gasteiger partial charge in [0.25, 0.3) is 0 Å². The summed E-state index contributed by atoms with van der Waals surface area (Å²) in [4.78, 5) is 14.0. The van der Waals surface area contributed by atoms with E-state index in [4.69, 9.17) is 11.6 Å². The van der Waals surface area contributed by atoms with Crippen molar-refractivity contribution in [3.63, 3.8) is 0 Å². The molecule has 0 saturated carbocycles. The van der Waals surface area contributed by atoms with Gasteiger partial charge in [-0.15, -0.1) is 12.4 Å². The largest absolute Gasteiger partial charge is 0.340 e. The zero-order valence-electron chi connectivity index (χ0n) is 15.4. The maximum Gasteiger partial charge on any atom is 0.236 e. The monoisotopic (exact) mass is 407 g/mol. The summed E-state index contributed by atoms with van der Waals surface area (Å²) in [6, 6.07) is 7.97. The van der Waals surface area contributed by atoms with E-state index in [1.54, 1.807) is 0 Å². The number of fused-ring (bicyclic) bond motifs is 1. The molecule has 1 saturated heterocycles. The second-order valence-electron chi connectivity index (χ2n) is 6.71. The van der Waals surface area contributed by atoms with E-state index < -0.39 is 0 Å². The smallest absolute Gasteiger partial charge is 0.236 e. The fourth-order valence-corrected chi connectivity index (χ4v) is 3.89. The van der Waals surface area contributed by atoms with Crippen molar-refractivity contribution in [2.24, 2.45) is 7.05 Å². The molecule has 2 aromatic heterocycles. The van der Waals surface area contributed by atoms with E-state index >= 15 is 0 Å². The van der Waals surface area contributed by atoms with Crippen LogP contribution in [-0.2, 0) is 18.3 Å². The fourth-order valence-electron chi connectivity index (χ4n) is 3.71. The lowest BCUT2D eigenvalue weighted by atomic mass is 10.1. The highest BCUT2D eigenvalue weighted by Gasteiger charge is 2.21. The topological polar surface area (TPSA) is 55.1 Å². The van der Waals surface area contributed by atoms with Gasteiger partial charge in [0.1, 0.15) is 5.82 Å². The molecule has 1 aromatic carbocycles. The van der Waals surface area contributed by atoms with Crippen molar-refractivity contribution in [2.75, 3.05) is 26.2 Å². The molecular weight excluding hydrogens is 385 g/mol. The van der Waals surface area contributed by atoms with Crippen molar-refractivity contribution in [3.8, 4) is 5.82 Å². The van der Waals surface area contributed by atoms with Gasteiger partial charge < -0.3 is 14.8 Å². The summed E-state index contributed by atoms with van der Waals surface area (Å²) in [6.07, 6.45) is 2.84. The third kappa shape index (κ3) is 3.70. The average Bonchev–Trinajstić information content (AvgIpc) is 3.13. The molecule has 0 bridgehead atoms. The minimum Gasteiger partial charge on any atom is -0.340 e. The molecule has 0 unspecified atom stereocenters. The highest BCUT2D eigenvalue weighted by Crippen LogP contribution is 2.27. The van der Waals surface area contributed by atoms with Crippen LogP contribution in [0.2, 0.25) is 5.02 Å². The number of aryl methyl sites for hydroxylation is 2. The summed E-state index contributed by atoms with van der Waals surface area (Å²) in [6.45, 7) is 4.79. The Bertz CT molecular complexity index is 978. The van der Waals surface area contributed by atoms with E-state index in [-0.39, 0.29) is 18.3 Å². The predicted molar refractivity (Wildman–Crippen MR) is 110 cm³/mol. The molecule has 1 fully saturated rings. The first-order chi connectivity index (χ1) is 12.5. The minimum atomic E-state index is 0. The number of rotatable bonds is 4. The Hall–Kier alpha value is -2.02. The molecule has 0 radical (unpaired) electrons. The highest BCUT2D eigenvalue weighted by molar-refractivity contribution is 6.31. The fraction of sp³-hybridized carbons (Fsp3) is 0.368. The van der Waals surface area contributed by atoms with Crippen molar-refractivity contribution in [1.82, 2.24) is 24.6 Å². The Labute approximate surface area is 169 Å². The number of carbonyl (C=O) groups excluding carboxylic acids is 1. The summed E-state index contributed by atoms with van der Waals surface area (Å²) in [5.41, 5.74) is 3.27. The number of aromatic nitrogens is 3. The molecule has 3 aromatic rings. The lowest BCUT2D eigenvalue weighted by Gasteiger charge is -2.27. The molecule has 3 heterocycles. The molecule has 8 heteroatoms. The third-order valence-electron chi connectivity index (χ3n) is 5.01. The third-order valence-corrected chi connectivity index (χ3v) is 5.25. The van der Waals surface area contributed by atoms with Crippen LogP contribution in [0.25, 0.3) is 16.7 Å². The Kier molecular flexibility index (Phi) is 5.79. The normalized spacial score (nSPS) is 14.6. The van der Waals surface area contributed by atoms with Gasteiger partial charge >= 0.3 is 0 Å². The van der Waals surface area contributed by atoms with Crippen molar-refractivity contribution in [3.05, 3.63) is 46.7 Å². The van der Waals surface area contributed by atoms with Crippen LogP contribution in [0.4, 0.5) is 0 Å². The van der Waals surface area contributed by atoms with E-state index in [2.05, 4.69) is 27.2 Å². The van der Waals surface area contributed by atoms with E-state index in [1.165, 1.54) is 5.56 Å². The Balaban J connectivity index is 0.00000210. The maximum absolute atomic E-state index is 12.1. The van der Waals surface area contributed by atoms with Gasteiger partial charge in [-0.05, 0) is 37.6 Å². The number of hydrogen-bond acceptors (Lipinski definition) is 3. The molecule has 0 spiro atoms. The number of hydrogen-bond donors (Lipinski definition) is 1. The zero-order valence-corrected chi connectivity index (χ0v) is 17.0. The molecule has 6 nitrogen and oxygen atoms in total. The summed E-state index contributed by atoms with van der Waals surface area (Å²) in [5, 5.41) is 9.57. The van der Waals surface area contributed by atoms with Crippen LogP contribution in [0.5, 0.6) is 0 Å². The lowest BCUT2D eigenvalue weighted by Crippen LogP contribution is -2.48. The summed E-state index contributed by atoms with van der Waals surface area (Å²) >= 11 is 6.12. The first kappa shape index (κ1) is 19.7. The lowest BCUT2D eigenvalue weighted by molar-refractivity contribution is -0.131. The van der Waals surface area contributed by atoms with Crippen molar-refractivity contribution >= 4 is 40.8 Å². The van der Waals surface area contributed by atoms with Gasteiger partial charge in [0.2, 0.25) is 5.91 Å². The number of nitrogens with one attached hydrogen (secondary N) is 1. The van der Waals surface area contributed by atoms with Crippen LogP contribution in [0.3, 0.4) is 0 Å². The van der Waals surface area contributed by atoms with Gasteiger partial charge in [-0.3, -0.25) is 9.48 Å². The van der Waals surface area contributed by atoms with Gasteiger partial charge in [0, 0.05) is 48.9 Å². The van der Waals surface area contributed by atoms with Gasteiger partial charge in [-0.2, -0.15) is 5.10 Å². The molecular formula is C19H23Cl2N5O. The summed E-state index contributed by atoms with van der Waals surface area (Å²) < 4.78 is 4.07. The molecule has 1 N–H and O–H groups in total. The number of piperazine rings is 1. The average molecular weight is 408 g/mol. The SMILES string of the molecule is Cc1nn(C)c(-n2ccc3cc(Cl)ccc32)c1CCN1CCNCC1=O.Cl. The predicted octanol–water partition coefficient (Wildman–Crippen LogP) is 2.72. The van der Waals surface area contributed by atoms with Gasteiger partial charge in [-0.25, -0.2) is 0 Å². The number of amides is 1. The second kappa shape index (κ2) is 7.92. The van der Waals surface area contributed by atoms with E-state index in [0.717, 1.165) is 46.9 Å². The van der Waals surface area contributed by atoms with Crippen LogP contribution >= 0.6 is 24.0 Å². The number of nitrogens with zero attached hydrogens (tertiary/aromatic N) is 4. The maximum atomic E-state index is 12.1. The van der Waals surface area contributed by atoms with Crippen LogP contribution in [0.15, 0.2) is 30.5 Å². The minimum absolute atomic E-state index is 0. The first-order valence-corrected chi connectivity index (χ1v) is 9.20. The van der Waals surface area contributed by atoms with Gasteiger partial charge in [0.05, 0.1) is 17.8 Å². The first-order valence-electron chi connectivity index (χ1n) is 8.82. The van der Waals surface area contributed by atoms with Crippen LogP contribution in [0, 0.1) is 6.92 Å². The van der Waals surface area contributed by atoms with Gasteiger partial charge in [0.15, 0.2) is 0 Å². The van der Waals surface area contributed by atoms with E-state index in [9.17, 15) is 4.79 Å². The molecule has 4 rings (SSSR count). The number of benzene rings is 1.